The maximum atomic E-state index is 11.3. The van der Waals surface area contributed by atoms with E-state index < -0.39 is 12.0 Å². The second-order valence-corrected chi connectivity index (χ2v) is 4.79. The van der Waals surface area contributed by atoms with Crippen LogP contribution in [0.1, 0.15) is 24.9 Å². The molecule has 2 rings (SSSR count). The molecule has 2 N–H and O–H groups in total. The Morgan fingerprint density at radius 2 is 2.15 bits per heavy atom. The van der Waals surface area contributed by atoms with Gasteiger partial charge in [-0.3, -0.25) is 14.6 Å². The number of aromatic nitrogens is 1. The number of fused-ring (bicyclic) bond motifs is 1. The predicted molar refractivity (Wildman–Crippen MR) is 75.6 cm³/mol. The van der Waals surface area contributed by atoms with Crippen LogP contribution in [0.25, 0.3) is 10.9 Å². The fraction of sp³-hybridized carbons (Fsp3) is 0.214. The summed E-state index contributed by atoms with van der Waals surface area (Å²) < 4.78 is 0. The third-order valence-corrected chi connectivity index (χ3v) is 3.21. The summed E-state index contributed by atoms with van der Waals surface area (Å²) in [6, 6.07) is 6.29. The van der Waals surface area contributed by atoms with Gasteiger partial charge in [0.05, 0.1) is 18.0 Å². The number of carboxylic acids is 1. The van der Waals surface area contributed by atoms with Crippen molar-refractivity contribution in [2.75, 3.05) is 0 Å². The first-order chi connectivity index (χ1) is 9.49. The van der Waals surface area contributed by atoms with Gasteiger partial charge in [-0.2, -0.15) is 0 Å². The van der Waals surface area contributed by atoms with Crippen LogP contribution in [-0.4, -0.2) is 22.0 Å². The number of hydrogen-bond acceptors (Lipinski definition) is 3. The lowest BCUT2D eigenvalue weighted by Gasteiger charge is -2.18. The molecule has 20 heavy (non-hydrogen) atoms. The lowest BCUT2D eigenvalue weighted by Crippen LogP contribution is -2.28. The smallest absolute Gasteiger partial charge is 0.305 e. The van der Waals surface area contributed by atoms with Crippen molar-refractivity contribution in [2.24, 2.45) is 0 Å². The maximum absolute atomic E-state index is 11.3. The van der Waals surface area contributed by atoms with E-state index in [4.69, 9.17) is 16.7 Å². The highest BCUT2D eigenvalue weighted by Gasteiger charge is 2.20. The highest BCUT2D eigenvalue weighted by Crippen LogP contribution is 2.29. The molecule has 6 heteroatoms. The van der Waals surface area contributed by atoms with Gasteiger partial charge in [-0.15, -0.1) is 0 Å². The zero-order valence-corrected chi connectivity index (χ0v) is 11.5. The molecule has 1 atom stereocenters. The van der Waals surface area contributed by atoms with E-state index in [1.54, 1.807) is 30.5 Å². The van der Waals surface area contributed by atoms with Crippen molar-refractivity contribution in [1.82, 2.24) is 10.3 Å². The van der Waals surface area contributed by atoms with Crippen molar-refractivity contribution in [3.05, 3.63) is 41.0 Å². The summed E-state index contributed by atoms with van der Waals surface area (Å²) in [5.41, 5.74) is 1.24. The molecular formula is C14H13ClN2O3. The van der Waals surface area contributed by atoms with Gasteiger partial charge < -0.3 is 10.4 Å². The van der Waals surface area contributed by atoms with Gasteiger partial charge in [0.2, 0.25) is 5.91 Å². The molecule has 1 heterocycles. The van der Waals surface area contributed by atoms with Crippen molar-refractivity contribution in [3.63, 3.8) is 0 Å². The van der Waals surface area contributed by atoms with E-state index in [1.165, 1.54) is 6.92 Å². The van der Waals surface area contributed by atoms with Gasteiger partial charge in [0.15, 0.2) is 0 Å². The van der Waals surface area contributed by atoms with Crippen molar-refractivity contribution in [2.45, 2.75) is 19.4 Å². The molecule has 104 valence electrons. The number of pyridine rings is 1. The van der Waals surface area contributed by atoms with E-state index in [2.05, 4.69) is 10.3 Å². The van der Waals surface area contributed by atoms with Gasteiger partial charge in [-0.05, 0) is 18.2 Å². The molecule has 1 amide bonds. The Morgan fingerprint density at radius 3 is 2.80 bits per heavy atom. The number of benzene rings is 1. The molecule has 0 aliphatic rings. The van der Waals surface area contributed by atoms with Crippen LogP contribution < -0.4 is 5.32 Å². The minimum Gasteiger partial charge on any atom is -0.481 e. The Balaban J connectivity index is 2.55. The van der Waals surface area contributed by atoms with E-state index in [0.29, 0.717) is 16.1 Å². The topological polar surface area (TPSA) is 79.3 Å². The van der Waals surface area contributed by atoms with Gasteiger partial charge in [0.25, 0.3) is 0 Å². The van der Waals surface area contributed by atoms with E-state index in [0.717, 1.165) is 5.39 Å². The Bertz CT molecular complexity index is 657. The van der Waals surface area contributed by atoms with Crippen molar-refractivity contribution < 1.29 is 14.7 Å². The minimum absolute atomic E-state index is 0.215. The number of nitrogens with one attached hydrogen (secondary N) is 1. The second kappa shape index (κ2) is 5.88. The average Bonchev–Trinajstić information content (AvgIpc) is 2.37. The highest BCUT2D eigenvalue weighted by atomic mass is 35.5. The maximum Gasteiger partial charge on any atom is 0.305 e. The van der Waals surface area contributed by atoms with Crippen molar-refractivity contribution in [3.8, 4) is 0 Å². The first kappa shape index (κ1) is 14.3. The predicted octanol–water partition coefficient (Wildman–Crippen LogP) is 2.54. The lowest BCUT2D eigenvalue weighted by atomic mass is 10.00. The first-order valence-corrected chi connectivity index (χ1v) is 6.39. The molecule has 1 aromatic heterocycles. The van der Waals surface area contributed by atoms with Gasteiger partial charge in [-0.25, -0.2) is 0 Å². The molecule has 0 spiro atoms. The van der Waals surface area contributed by atoms with Crippen molar-refractivity contribution >= 4 is 34.4 Å². The highest BCUT2D eigenvalue weighted by molar-refractivity contribution is 6.35. The monoisotopic (exact) mass is 292 g/mol. The molecule has 0 bridgehead atoms. The molecular weight excluding hydrogens is 280 g/mol. The van der Waals surface area contributed by atoms with Gasteiger partial charge >= 0.3 is 5.97 Å². The first-order valence-electron chi connectivity index (χ1n) is 6.01. The summed E-state index contributed by atoms with van der Waals surface area (Å²) in [7, 11) is 0. The summed E-state index contributed by atoms with van der Waals surface area (Å²) in [5.74, 6) is -1.29. The molecule has 0 saturated carbocycles. The number of carbonyl (C=O) groups is 2. The number of halogens is 1. The molecule has 1 aromatic carbocycles. The van der Waals surface area contributed by atoms with Gasteiger partial charge in [-0.1, -0.05) is 17.7 Å². The number of aliphatic carboxylic acids is 1. The summed E-state index contributed by atoms with van der Waals surface area (Å²) in [6.07, 6.45) is 1.39. The largest absolute Gasteiger partial charge is 0.481 e. The van der Waals surface area contributed by atoms with Crippen LogP contribution >= 0.6 is 11.6 Å². The van der Waals surface area contributed by atoms with Crippen LogP contribution in [0.2, 0.25) is 5.02 Å². The Kier molecular flexibility index (Phi) is 4.20. The van der Waals surface area contributed by atoms with E-state index >= 15 is 0 Å². The quantitative estimate of drug-likeness (QED) is 0.907. The molecule has 0 aliphatic carbocycles. The van der Waals surface area contributed by atoms with Crippen LogP contribution in [0.3, 0.4) is 0 Å². The number of nitrogens with zero attached hydrogens (tertiary/aromatic N) is 1. The summed E-state index contributed by atoms with van der Waals surface area (Å²) in [6.45, 7) is 1.35. The van der Waals surface area contributed by atoms with Crippen LogP contribution in [0.5, 0.6) is 0 Å². The van der Waals surface area contributed by atoms with Gasteiger partial charge in [0.1, 0.15) is 0 Å². The molecule has 2 aromatic rings. The third-order valence-electron chi connectivity index (χ3n) is 2.88. The Hall–Kier alpha value is -2.14. The number of carboxylic acid groups (broad SMARTS) is 1. The van der Waals surface area contributed by atoms with E-state index in [-0.39, 0.29) is 12.3 Å². The molecule has 0 saturated heterocycles. The van der Waals surface area contributed by atoms with E-state index in [1.807, 2.05) is 0 Å². The number of hydrogen-bond donors (Lipinski definition) is 2. The zero-order valence-electron chi connectivity index (χ0n) is 10.8. The summed E-state index contributed by atoms with van der Waals surface area (Å²) >= 11 is 6.10. The molecule has 0 radical (unpaired) electrons. The van der Waals surface area contributed by atoms with Crippen LogP contribution in [0.15, 0.2) is 30.5 Å². The zero-order chi connectivity index (χ0) is 14.7. The average molecular weight is 293 g/mol. The molecule has 0 aliphatic heterocycles. The fourth-order valence-electron chi connectivity index (χ4n) is 2.10. The lowest BCUT2D eigenvalue weighted by molar-refractivity contribution is -0.137. The van der Waals surface area contributed by atoms with Crippen LogP contribution in [0, 0.1) is 0 Å². The normalized spacial score (nSPS) is 12.1. The Labute approximate surface area is 120 Å². The molecule has 0 fully saturated rings. The fourth-order valence-corrected chi connectivity index (χ4v) is 2.32. The minimum atomic E-state index is -0.997. The molecule has 0 unspecified atom stereocenters. The standard InChI is InChI=1S/C14H13ClN2O3/c1-8(18)17-12(7-13(19)20)10-4-5-11(15)9-3-2-6-16-14(9)10/h2-6,12H,7H2,1H3,(H,17,18)(H,19,20)/t12-/m1/s1. The van der Waals surface area contributed by atoms with Crippen LogP contribution in [0.4, 0.5) is 0 Å². The van der Waals surface area contributed by atoms with Crippen LogP contribution in [-0.2, 0) is 9.59 Å². The summed E-state index contributed by atoms with van der Waals surface area (Å²) in [4.78, 5) is 26.5. The van der Waals surface area contributed by atoms with E-state index in [9.17, 15) is 9.59 Å². The SMILES string of the molecule is CC(=O)N[C@H](CC(=O)O)c1ccc(Cl)c2cccnc12. The number of carbonyl (C=O) groups excluding carboxylic acids is 1. The number of amides is 1. The van der Waals surface area contributed by atoms with Crippen molar-refractivity contribution in [1.29, 1.82) is 0 Å². The van der Waals surface area contributed by atoms with Gasteiger partial charge in [0, 0.05) is 29.1 Å². The second-order valence-electron chi connectivity index (χ2n) is 4.39. The third kappa shape index (κ3) is 3.05. The Morgan fingerprint density at radius 1 is 1.40 bits per heavy atom. The number of rotatable bonds is 4. The molecule has 5 nitrogen and oxygen atoms in total. The summed E-state index contributed by atoms with van der Waals surface area (Å²) in [5, 5.41) is 12.9.